The highest BCUT2D eigenvalue weighted by atomic mass is 16.6. The van der Waals surface area contributed by atoms with Crippen molar-refractivity contribution in [1.29, 1.82) is 0 Å². The number of alkyl carbamates (subject to hydrolysis) is 1. The number of amides is 1. The van der Waals surface area contributed by atoms with Crippen LogP contribution in [-0.2, 0) is 21.4 Å². The summed E-state index contributed by atoms with van der Waals surface area (Å²) in [6.07, 6.45) is 14.0. The molecule has 0 bridgehead atoms. The monoisotopic (exact) mass is 502 g/mol. The van der Waals surface area contributed by atoms with Crippen LogP contribution in [0.5, 0.6) is 0 Å². The number of rotatable bonds is 6. The van der Waals surface area contributed by atoms with Crippen molar-refractivity contribution >= 4 is 12.1 Å². The molecule has 0 radical (unpaired) electrons. The maximum Gasteiger partial charge on any atom is 0.408 e. The van der Waals surface area contributed by atoms with Gasteiger partial charge in [0.2, 0.25) is 0 Å². The zero-order valence-electron chi connectivity index (χ0n) is 23.5. The van der Waals surface area contributed by atoms with Crippen molar-refractivity contribution in [3.05, 3.63) is 35.4 Å². The number of carboxylic acid groups (broad SMARTS) is 1. The second-order valence-electron chi connectivity index (χ2n) is 12.5. The van der Waals surface area contributed by atoms with Crippen molar-refractivity contribution in [3.63, 3.8) is 0 Å². The third-order valence-corrected chi connectivity index (χ3v) is 6.93. The number of ether oxygens (including phenoxy) is 1. The zero-order chi connectivity index (χ0) is 26.8. The van der Waals surface area contributed by atoms with Crippen LogP contribution in [0.1, 0.15) is 117 Å². The van der Waals surface area contributed by atoms with Gasteiger partial charge in [0.25, 0.3) is 0 Å². The van der Waals surface area contributed by atoms with Crippen LogP contribution in [0.4, 0.5) is 4.79 Å². The summed E-state index contributed by atoms with van der Waals surface area (Å²) in [7, 11) is 0. The number of hydrogen-bond acceptors (Lipinski definition) is 4. The predicted molar refractivity (Wildman–Crippen MR) is 147 cm³/mol. The summed E-state index contributed by atoms with van der Waals surface area (Å²) in [6.45, 7) is 11.5. The topological polar surface area (TPSA) is 87.7 Å². The van der Waals surface area contributed by atoms with Crippen molar-refractivity contribution < 1.29 is 19.4 Å². The number of hydrogen-bond donors (Lipinski definition) is 3. The maximum atomic E-state index is 11.8. The molecule has 2 aliphatic rings. The molecule has 6 nitrogen and oxygen atoms in total. The van der Waals surface area contributed by atoms with Crippen molar-refractivity contribution in [2.75, 3.05) is 0 Å². The van der Waals surface area contributed by atoms with Gasteiger partial charge in [-0.05, 0) is 63.0 Å². The summed E-state index contributed by atoms with van der Waals surface area (Å²) in [6, 6.07) is 8.49. The first-order valence-electron chi connectivity index (χ1n) is 13.9. The van der Waals surface area contributed by atoms with Gasteiger partial charge in [-0.25, -0.2) is 9.59 Å². The normalized spacial score (nSPS) is 18.5. The third kappa shape index (κ3) is 11.8. The van der Waals surface area contributed by atoms with Gasteiger partial charge in [-0.2, -0.15) is 0 Å². The second-order valence-corrected chi connectivity index (χ2v) is 12.5. The van der Waals surface area contributed by atoms with E-state index in [9.17, 15) is 14.7 Å². The summed E-state index contributed by atoms with van der Waals surface area (Å²) in [5.41, 5.74) is 1.40. The van der Waals surface area contributed by atoms with Gasteiger partial charge in [-0.1, -0.05) is 83.6 Å². The largest absolute Gasteiger partial charge is 0.480 e. The molecule has 2 aliphatic carbocycles. The van der Waals surface area contributed by atoms with Gasteiger partial charge in [0.1, 0.15) is 11.6 Å². The molecule has 1 aromatic rings. The first kappa shape index (κ1) is 30.1. The van der Waals surface area contributed by atoms with E-state index in [1.807, 2.05) is 24.3 Å². The molecule has 3 N–H and O–H groups in total. The zero-order valence-corrected chi connectivity index (χ0v) is 23.5. The lowest BCUT2D eigenvalue weighted by atomic mass is 9.86. The Balaban J connectivity index is 0.000000293. The van der Waals surface area contributed by atoms with Crippen LogP contribution in [0.2, 0.25) is 0 Å². The molecule has 2 saturated carbocycles. The number of aliphatic carboxylic acids is 1. The summed E-state index contributed by atoms with van der Waals surface area (Å²) in [5.74, 6) is -1.09. The first-order chi connectivity index (χ1) is 16.8. The number of carbonyl (C=O) groups excluding carboxylic acids is 1. The number of carbonyl (C=O) groups is 2. The van der Waals surface area contributed by atoms with E-state index in [2.05, 4.69) is 31.4 Å². The summed E-state index contributed by atoms with van der Waals surface area (Å²) in [4.78, 5) is 23.1. The molecule has 0 saturated heterocycles. The minimum Gasteiger partial charge on any atom is -0.480 e. The minimum absolute atomic E-state index is 0.0412. The molecule has 6 heteroatoms. The average molecular weight is 503 g/mol. The Morgan fingerprint density at radius 3 is 1.72 bits per heavy atom. The van der Waals surface area contributed by atoms with Crippen molar-refractivity contribution in [2.45, 2.75) is 141 Å². The molecule has 0 heterocycles. The van der Waals surface area contributed by atoms with Gasteiger partial charge in [0.15, 0.2) is 0 Å². The molecule has 0 aliphatic heterocycles. The van der Waals surface area contributed by atoms with Gasteiger partial charge in [-0.3, -0.25) is 0 Å². The number of benzene rings is 1. The SMILES string of the molecule is C1CCC(NC2CCCCC2)CC1.CC(C)(C)OC(=O)N[C@H](Cc1ccc(C(C)(C)C)cc1)C(=O)O. The third-order valence-electron chi connectivity index (χ3n) is 6.93. The first-order valence-corrected chi connectivity index (χ1v) is 13.9. The maximum absolute atomic E-state index is 11.8. The van der Waals surface area contributed by atoms with E-state index in [1.165, 1.54) is 69.8 Å². The highest BCUT2D eigenvalue weighted by molar-refractivity contribution is 5.80. The van der Waals surface area contributed by atoms with Crippen molar-refractivity contribution in [3.8, 4) is 0 Å². The van der Waals surface area contributed by atoms with Gasteiger partial charge in [0.05, 0.1) is 0 Å². The Morgan fingerprint density at radius 1 is 0.861 bits per heavy atom. The number of nitrogens with one attached hydrogen (secondary N) is 2. The fourth-order valence-corrected chi connectivity index (χ4v) is 4.90. The minimum atomic E-state index is -1.09. The van der Waals surface area contributed by atoms with Crippen LogP contribution < -0.4 is 10.6 Å². The molecule has 0 aromatic heterocycles. The van der Waals surface area contributed by atoms with E-state index in [-0.39, 0.29) is 11.8 Å². The Bertz CT molecular complexity index is 780. The van der Waals surface area contributed by atoms with Crippen LogP contribution in [0, 0.1) is 0 Å². The highest BCUT2D eigenvalue weighted by Crippen LogP contribution is 2.23. The molecule has 0 spiro atoms. The standard InChI is InChI=1S/C18H27NO4.C12H23N/c1-17(2,3)13-9-7-12(8-10-13)11-14(15(20)21)19-16(22)23-18(4,5)6;1-3-7-11(8-4-1)13-12-9-5-2-6-10-12/h7-10,14H,11H2,1-6H3,(H,19,22)(H,20,21);11-13H,1-10H2/t14-;/m1./s1. The van der Waals surface area contributed by atoms with Crippen LogP contribution in [0.3, 0.4) is 0 Å². The molecule has 204 valence electrons. The predicted octanol–water partition coefficient (Wildman–Crippen LogP) is 6.75. The Morgan fingerprint density at radius 2 is 1.33 bits per heavy atom. The van der Waals surface area contributed by atoms with Gasteiger partial charge >= 0.3 is 12.1 Å². The molecular formula is C30H50N2O4. The van der Waals surface area contributed by atoms with Gasteiger partial charge in [-0.15, -0.1) is 0 Å². The van der Waals surface area contributed by atoms with E-state index in [4.69, 9.17) is 4.74 Å². The van der Waals surface area contributed by atoms with E-state index >= 15 is 0 Å². The quantitative estimate of drug-likeness (QED) is 0.401. The highest BCUT2D eigenvalue weighted by Gasteiger charge is 2.24. The number of carboxylic acids is 1. The second kappa shape index (κ2) is 14.0. The van der Waals surface area contributed by atoms with Crippen LogP contribution >= 0.6 is 0 Å². The lowest BCUT2D eigenvalue weighted by Crippen LogP contribution is -2.44. The molecule has 1 atom stereocenters. The molecule has 2 fully saturated rings. The molecular weight excluding hydrogens is 452 g/mol. The van der Waals surface area contributed by atoms with E-state index in [0.717, 1.165) is 17.6 Å². The smallest absolute Gasteiger partial charge is 0.408 e. The Labute approximate surface area is 219 Å². The lowest BCUT2D eigenvalue weighted by Gasteiger charge is -2.30. The van der Waals surface area contributed by atoms with Crippen molar-refractivity contribution in [2.24, 2.45) is 0 Å². The van der Waals surface area contributed by atoms with E-state index in [0.29, 0.717) is 0 Å². The molecule has 1 aromatic carbocycles. The average Bonchev–Trinajstić information content (AvgIpc) is 2.79. The summed E-state index contributed by atoms with van der Waals surface area (Å²) < 4.78 is 5.11. The van der Waals surface area contributed by atoms with Crippen molar-refractivity contribution in [1.82, 2.24) is 10.6 Å². The fraction of sp³-hybridized carbons (Fsp3) is 0.733. The molecule has 1 amide bonds. The Kier molecular flexibility index (Phi) is 11.7. The molecule has 36 heavy (non-hydrogen) atoms. The lowest BCUT2D eigenvalue weighted by molar-refractivity contribution is -0.139. The van der Waals surface area contributed by atoms with Crippen LogP contribution in [-0.4, -0.2) is 40.9 Å². The summed E-state index contributed by atoms with van der Waals surface area (Å²) in [5, 5.41) is 15.6. The van der Waals surface area contributed by atoms with Crippen LogP contribution in [0.25, 0.3) is 0 Å². The van der Waals surface area contributed by atoms with E-state index < -0.39 is 23.7 Å². The fourth-order valence-electron chi connectivity index (χ4n) is 4.90. The van der Waals surface area contributed by atoms with Gasteiger partial charge in [0, 0.05) is 18.5 Å². The Hall–Kier alpha value is -2.08. The van der Waals surface area contributed by atoms with Gasteiger partial charge < -0.3 is 20.5 Å². The molecule has 3 rings (SSSR count). The van der Waals surface area contributed by atoms with E-state index in [1.54, 1.807) is 20.8 Å². The van der Waals surface area contributed by atoms with Crippen LogP contribution in [0.15, 0.2) is 24.3 Å². The summed E-state index contributed by atoms with van der Waals surface area (Å²) >= 11 is 0. The molecule has 0 unspecified atom stereocenters.